The van der Waals surface area contributed by atoms with Crippen LogP contribution >= 0.6 is 0 Å². The van der Waals surface area contributed by atoms with Crippen LogP contribution in [0, 0.1) is 0 Å². The van der Waals surface area contributed by atoms with Crippen molar-refractivity contribution in [1.82, 2.24) is 9.97 Å². The first-order valence-electron chi connectivity index (χ1n) is 6.70. The van der Waals surface area contributed by atoms with Crippen LogP contribution in [0.2, 0.25) is 0 Å². The van der Waals surface area contributed by atoms with Crippen LogP contribution in [0.3, 0.4) is 0 Å². The third-order valence-corrected chi connectivity index (χ3v) is 3.27. The average Bonchev–Trinajstić information content (AvgIpc) is 2.91. The third-order valence-electron chi connectivity index (χ3n) is 3.27. The molecular weight excluding hydrogens is 280 g/mol. The molecule has 22 heavy (non-hydrogen) atoms. The van der Waals surface area contributed by atoms with Crippen molar-refractivity contribution in [2.24, 2.45) is 0 Å². The summed E-state index contributed by atoms with van der Waals surface area (Å²) in [6, 6.07) is 11.8. The summed E-state index contributed by atoms with van der Waals surface area (Å²) in [5.41, 5.74) is 8.35. The van der Waals surface area contributed by atoms with Gasteiger partial charge in [-0.2, -0.15) is 0 Å². The van der Waals surface area contributed by atoms with E-state index in [1.54, 1.807) is 42.6 Å². The molecule has 2 amide bonds. The standard InChI is InChI=1S/C16H14N4O2/c1-10(21)20(12-5-2-4-11(17)8-12)16(22)15-9-14-13(19-15)6-3-7-18-14/h2-9,19H,17H2,1H3. The van der Waals surface area contributed by atoms with E-state index in [1.165, 1.54) is 6.92 Å². The van der Waals surface area contributed by atoms with Crippen LogP contribution in [0.15, 0.2) is 48.7 Å². The Bertz CT molecular complexity index is 836. The van der Waals surface area contributed by atoms with Gasteiger partial charge in [-0.05, 0) is 36.4 Å². The monoisotopic (exact) mass is 294 g/mol. The van der Waals surface area contributed by atoms with Crippen molar-refractivity contribution in [2.75, 3.05) is 10.6 Å². The minimum atomic E-state index is -0.448. The van der Waals surface area contributed by atoms with Gasteiger partial charge < -0.3 is 10.7 Å². The number of benzene rings is 1. The number of amides is 2. The molecule has 3 rings (SSSR count). The van der Waals surface area contributed by atoms with Gasteiger partial charge in [0, 0.05) is 18.8 Å². The van der Waals surface area contributed by atoms with Gasteiger partial charge in [0.25, 0.3) is 5.91 Å². The number of pyridine rings is 1. The fraction of sp³-hybridized carbons (Fsp3) is 0.0625. The molecule has 0 saturated heterocycles. The van der Waals surface area contributed by atoms with Crippen LogP contribution in [-0.4, -0.2) is 21.8 Å². The second-order valence-electron chi connectivity index (χ2n) is 4.87. The first kappa shape index (κ1) is 13.8. The highest BCUT2D eigenvalue weighted by atomic mass is 16.2. The normalized spacial score (nSPS) is 10.6. The molecule has 0 bridgehead atoms. The van der Waals surface area contributed by atoms with Crippen LogP contribution < -0.4 is 10.6 Å². The number of hydrogen-bond donors (Lipinski definition) is 2. The molecule has 6 heteroatoms. The fourth-order valence-corrected chi connectivity index (χ4v) is 2.30. The Kier molecular flexibility index (Phi) is 3.34. The first-order valence-corrected chi connectivity index (χ1v) is 6.70. The predicted molar refractivity (Wildman–Crippen MR) is 84.4 cm³/mol. The van der Waals surface area contributed by atoms with Crippen molar-refractivity contribution < 1.29 is 9.59 Å². The quantitative estimate of drug-likeness (QED) is 0.709. The van der Waals surface area contributed by atoms with Gasteiger partial charge in [0.1, 0.15) is 5.69 Å². The van der Waals surface area contributed by atoms with Crippen molar-refractivity contribution in [1.29, 1.82) is 0 Å². The lowest BCUT2D eigenvalue weighted by atomic mass is 10.2. The molecule has 1 aromatic carbocycles. The Hall–Kier alpha value is -3.15. The van der Waals surface area contributed by atoms with E-state index in [2.05, 4.69) is 9.97 Å². The van der Waals surface area contributed by atoms with E-state index in [-0.39, 0.29) is 5.91 Å². The molecule has 3 aromatic rings. The van der Waals surface area contributed by atoms with Crippen LogP contribution in [0.5, 0.6) is 0 Å². The lowest BCUT2D eigenvalue weighted by molar-refractivity contribution is -0.115. The minimum Gasteiger partial charge on any atom is -0.399 e. The maximum Gasteiger partial charge on any atom is 0.281 e. The van der Waals surface area contributed by atoms with Gasteiger partial charge in [-0.3, -0.25) is 14.6 Å². The SMILES string of the molecule is CC(=O)N(C(=O)c1cc2ncccc2[nH]1)c1cccc(N)c1. The molecule has 0 radical (unpaired) electrons. The van der Waals surface area contributed by atoms with Gasteiger partial charge in [-0.1, -0.05) is 6.07 Å². The first-order chi connectivity index (χ1) is 10.6. The highest BCUT2D eigenvalue weighted by molar-refractivity contribution is 6.20. The molecule has 0 aliphatic rings. The summed E-state index contributed by atoms with van der Waals surface area (Å²) in [6.45, 7) is 1.34. The van der Waals surface area contributed by atoms with E-state index >= 15 is 0 Å². The average molecular weight is 294 g/mol. The van der Waals surface area contributed by atoms with Crippen molar-refractivity contribution >= 4 is 34.2 Å². The maximum absolute atomic E-state index is 12.7. The second kappa shape index (κ2) is 5.33. The predicted octanol–water partition coefficient (Wildman–Crippen LogP) is 2.34. The van der Waals surface area contributed by atoms with Gasteiger partial charge in [0.15, 0.2) is 0 Å². The van der Waals surface area contributed by atoms with Gasteiger partial charge in [-0.25, -0.2) is 4.90 Å². The zero-order valence-corrected chi connectivity index (χ0v) is 11.9. The number of rotatable bonds is 2. The van der Waals surface area contributed by atoms with E-state index in [9.17, 15) is 9.59 Å². The Labute approximate surface area is 126 Å². The Morgan fingerprint density at radius 2 is 2.00 bits per heavy atom. The van der Waals surface area contributed by atoms with Crippen LogP contribution in [0.25, 0.3) is 11.0 Å². The lowest BCUT2D eigenvalue weighted by Gasteiger charge is -2.18. The summed E-state index contributed by atoms with van der Waals surface area (Å²) in [5, 5.41) is 0. The number of aromatic nitrogens is 2. The van der Waals surface area contributed by atoms with Crippen LogP contribution in [0.1, 0.15) is 17.4 Å². The molecule has 0 saturated carbocycles. The molecule has 0 unspecified atom stereocenters. The van der Waals surface area contributed by atoms with Crippen molar-refractivity contribution in [2.45, 2.75) is 6.92 Å². The van der Waals surface area contributed by atoms with Crippen molar-refractivity contribution in [3.8, 4) is 0 Å². The number of H-pyrrole nitrogens is 1. The number of anilines is 2. The number of carbonyl (C=O) groups excluding carboxylic acids is 2. The molecule has 2 heterocycles. The molecular formula is C16H14N4O2. The number of nitrogens with two attached hydrogens (primary N) is 1. The van der Waals surface area contributed by atoms with E-state index in [0.717, 1.165) is 10.4 Å². The summed E-state index contributed by atoms with van der Waals surface area (Å²) in [6.07, 6.45) is 1.64. The number of aromatic amines is 1. The number of imide groups is 1. The number of fused-ring (bicyclic) bond motifs is 1. The maximum atomic E-state index is 12.7. The molecule has 0 aliphatic heterocycles. The number of nitrogens with zero attached hydrogens (tertiary/aromatic N) is 2. The number of hydrogen-bond acceptors (Lipinski definition) is 4. The summed E-state index contributed by atoms with van der Waals surface area (Å²) >= 11 is 0. The van der Waals surface area contributed by atoms with Crippen LogP contribution in [-0.2, 0) is 4.79 Å². The molecule has 0 spiro atoms. The Balaban J connectivity index is 2.04. The fourth-order valence-electron chi connectivity index (χ4n) is 2.30. The molecule has 0 fully saturated rings. The molecule has 0 aliphatic carbocycles. The topological polar surface area (TPSA) is 92.1 Å². The highest BCUT2D eigenvalue weighted by Gasteiger charge is 2.23. The zero-order chi connectivity index (χ0) is 15.7. The largest absolute Gasteiger partial charge is 0.399 e. The van der Waals surface area contributed by atoms with E-state index in [0.29, 0.717) is 22.6 Å². The Morgan fingerprint density at radius 3 is 2.68 bits per heavy atom. The van der Waals surface area contributed by atoms with Crippen LogP contribution in [0.4, 0.5) is 11.4 Å². The van der Waals surface area contributed by atoms with Gasteiger partial charge in [-0.15, -0.1) is 0 Å². The van der Waals surface area contributed by atoms with Crippen molar-refractivity contribution in [3.63, 3.8) is 0 Å². The molecule has 3 N–H and O–H groups in total. The van der Waals surface area contributed by atoms with Gasteiger partial charge in [0.2, 0.25) is 5.91 Å². The minimum absolute atomic E-state index is 0.298. The molecule has 110 valence electrons. The summed E-state index contributed by atoms with van der Waals surface area (Å²) in [5.74, 6) is -0.835. The number of carbonyl (C=O) groups is 2. The van der Waals surface area contributed by atoms with Gasteiger partial charge >= 0.3 is 0 Å². The smallest absolute Gasteiger partial charge is 0.281 e. The molecule has 0 atom stereocenters. The van der Waals surface area contributed by atoms with Crippen molar-refractivity contribution in [3.05, 3.63) is 54.4 Å². The summed E-state index contributed by atoms with van der Waals surface area (Å²) in [4.78, 5) is 32.8. The number of nitrogen functional groups attached to an aromatic ring is 1. The zero-order valence-electron chi connectivity index (χ0n) is 11.9. The van der Waals surface area contributed by atoms with E-state index in [1.807, 2.05) is 6.07 Å². The second-order valence-corrected chi connectivity index (χ2v) is 4.87. The highest BCUT2D eigenvalue weighted by Crippen LogP contribution is 2.21. The number of nitrogens with one attached hydrogen (secondary N) is 1. The Morgan fingerprint density at radius 1 is 1.18 bits per heavy atom. The lowest BCUT2D eigenvalue weighted by Crippen LogP contribution is -2.35. The molecule has 2 aromatic heterocycles. The summed E-state index contributed by atoms with van der Waals surface area (Å²) in [7, 11) is 0. The van der Waals surface area contributed by atoms with E-state index < -0.39 is 5.91 Å². The third kappa shape index (κ3) is 2.42. The molecule has 6 nitrogen and oxygen atoms in total. The summed E-state index contributed by atoms with van der Waals surface area (Å²) < 4.78 is 0. The van der Waals surface area contributed by atoms with E-state index in [4.69, 9.17) is 5.73 Å². The van der Waals surface area contributed by atoms with Gasteiger partial charge in [0.05, 0.1) is 16.7 Å².